The Labute approximate surface area is 125 Å². The molecular formula is C15H23N5O. The molecule has 1 unspecified atom stereocenters. The Kier molecular flexibility index (Phi) is 6.30. The number of hydrogen-bond donors (Lipinski definition) is 2. The van der Waals surface area contributed by atoms with Gasteiger partial charge < -0.3 is 10.4 Å². The molecule has 114 valence electrons. The second-order valence-electron chi connectivity index (χ2n) is 5.16. The van der Waals surface area contributed by atoms with Gasteiger partial charge in [-0.25, -0.2) is 4.68 Å². The van der Waals surface area contributed by atoms with Crippen molar-refractivity contribution in [3.05, 3.63) is 36.2 Å². The number of tetrazole rings is 1. The summed E-state index contributed by atoms with van der Waals surface area (Å²) in [6, 6.07) is 8.50. The molecule has 6 nitrogen and oxygen atoms in total. The highest BCUT2D eigenvalue weighted by Crippen LogP contribution is 2.16. The van der Waals surface area contributed by atoms with E-state index in [-0.39, 0.29) is 0 Å². The first-order chi connectivity index (χ1) is 10.3. The molecule has 0 amide bonds. The van der Waals surface area contributed by atoms with Crippen LogP contribution < -0.4 is 5.32 Å². The van der Waals surface area contributed by atoms with Crippen molar-refractivity contribution in [2.75, 3.05) is 13.2 Å². The summed E-state index contributed by atoms with van der Waals surface area (Å²) >= 11 is 0. The van der Waals surface area contributed by atoms with Crippen LogP contribution in [-0.2, 0) is 0 Å². The molecule has 0 bridgehead atoms. The fraction of sp³-hybridized carbons (Fsp3) is 0.533. The lowest BCUT2D eigenvalue weighted by molar-refractivity contribution is 0.282. The number of hydrogen-bond acceptors (Lipinski definition) is 5. The van der Waals surface area contributed by atoms with E-state index in [9.17, 15) is 0 Å². The molecule has 6 heteroatoms. The monoisotopic (exact) mass is 289 g/mol. The van der Waals surface area contributed by atoms with Crippen LogP contribution in [0, 0.1) is 0 Å². The van der Waals surface area contributed by atoms with Gasteiger partial charge in [0.1, 0.15) is 6.33 Å². The quantitative estimate of drug-likeness (QED) is 0.689. The van der Waals surface area contributed by atoms with E-state index in [0.29, 0.717) is 12.6 Å². The number of unbranched alkanes of at least 4 members (excludes halogenated alkanes) is 3. The van der Waals surface area contributed by atoms with E-state index in [0.717, 1.165) is 37.9 Å². The van der Waals surface area contributed by atoms with Gasteiger partial charge in [-0.15, -0.1) is 5.10 Å². The first kappa shape index (κ1) is 15.6. The van der Waals surface area contributed by atoms with E-state index >= 15 is 0 Å². The summed E-state index contributed by atoms with van der Waals surface area (Å²) in [6.07, 6.45) is 5.89. The molecule has 1 atom stereocenters. The molecule has 0 fully saturated rings. The minimum Gasteiger partial charge on any atom is -0.396 e. The van der Waals surface area contributed by atoms with Crippen molar-refractivity contribution in [2.45, 2.75) is 38.6 Å². The van der Waals surface area contributed by atoms with E-state index < -0.39 is 0 Å². The van der Waals surface area contributed by atoms with Crippen LogP contribution in [0.1, 0.15) is 44.2 Å². The summed E-state index contributed by atoms with van der Waals surface area (Å²) in [5.41, 5.74) is 2.19. The summed E-state index contributed by atoms with van der Waals surface area (Å²) in [6.45, 7) is 3.45. The number of aliphatic hydroxyl groups excluding tert-OH is 1. The van der Waals surface area contributed by atoms with E-state index in [1.165, 1.54) is 5.56 Å². The van der Waals surface area contributed by atoms with Crippen molar-refractivity contribution >= 4 is 0 Å². The SMILES string of the molecule is CC(NCCCCCCO)c1cccc(-n2cnnn2)c1. The van der Waals surface area contributed by atoms with Crippen molar-refractivity contribution in [1.29, 1.82) is 0 Å². The van der Waals surface area contributed by atoms with Crippen molar-refractivity contribution in [1.82, 2.24) is 25.5 Å². The van der Waals surface area contributed by atoms with E-state index in [1.807, 2.05) is 12.1 Å². The maximum Gasteiger partial charge on any atom is 0.143 e. The second kappa shape index (κ2) is 8.49. The summed E-state index contributed by atoms with van der Waals surface area (Å²) in [4.78, 5) is 0. The van der Waals surface area contributed by atoms with Gasteiger partial charge in [0.15, 0.2) is 0 Å². The van der Waals surface area contributed by atoms with Gasteiger partial charge in [-0.1, -0.05) is 25.0 Å². The molecule has 0 saturated heterocycles. The van der Waals surface area contributed by atoms with Crippen molar-refractivity contribution in [3.8, 4) is 5.69 Å². The van der Waals surface area contributed by atoms with Gasteiger partial charge in [-0.05, 0) is 54.4 Å². The lowest BCUT2D eigenvalue weighted by Gasteiger charge is -2.15. The molecule has 0 radical (unpaired) electrons. The number of aliphatic hydroxyl groups is 1. The van der Waals surface area contributed by atoms with Crippen LogP contribution in [0.5, 0.6) is 0 Å². The largest absolute Gasteiger partial charge is 0.396 e. The van der Waals surface area contributed by atoms with Gasteiger partial charge in [0.25, 0.3) is 0 Å². The summed E-state index contributed by atoms with van der Waals surface area (Å²) in [7, 11) is 0. The fourth-order valence-corrected chi connectivity index (χ4v) is 2.24. The molecule has 0 spiro atoms. The smallest absolute Gasteiger partial charge is 0.143 e. The van der Waals surface area contributed by atoms with Crippen LogP contribution in [0.15, 0.2) is 30.6 Å². The third-order valence-corrected chi connectivity index (χ3v) is 3.52. The molecule has 1 heterocycles. The van der Waals surface area contributed by atoms with Crippen molar-refractivity contribution in [3.63, 3.8) is 0 Å². The number of rotatable bonds is 9. The standard InChI is InChI=1S/C15H23N5O/c1-13(16-9-4-2-3-5-10-21)14-7-6-8-15(11-14)20-12-17-18-19-20/h6-8,11-13,16,21H,2-5,9-10H2,1H3. The average Bonchev–Trinajstić information content (AvgIpc) is 3.05. The zero-order valence-corrected chi connectivity index (χ0v) is 12.4. The zero-order chi connectivity index (χ0) is 14.9. The highest BCUT2D eigenvalue weighted by atomic mass is 16.2. The number of aromatic nitrogens is 4. The van der Waals surface area contributed by atoms with Crippen LogP contribution in [-0.4, -0.2) is 38.5 Å². The van der Waals surface area contributed by atoms with Crippen LogP contribution in [0.4, 0.5) is 0 Å². The Morgan fingerprint density at radius 2 is 2.10 bits per heavy atom. The molecule has 2 aromatic rings. The van der Waals surface area contributed by atoms with Gasteiger partial charge in [0.2, 0.25) is 0 Å². The minimum atomic E-state index is 0.291. The van der Waals surface area contributed by atoms with E-state index in [4.69, 9.17) is 5.11 Å². The number of benzene rings is 1. The van der Waals surface area contributed by atoms with Crippen LogP contribution in [0.3, 0.4) is 0 Å². The Hall–Kier alpha value is -1.79. The number of nitrogens with one attached hydrogen (secondary N) is 1. The molecular weight excluding hydrogens is 266 g/mol. The van der Waals surface area contributed by atoms with Gasteiger partial charge in [-0.2, -0.15) is 0 Å². The van der Waals surface area contributed by atoms with Gasteiger partial charge in [0, 0.05) is 12.6 Å². The minimum absolute atomic E-state index is 0.291. The Morgan fingerprint density at radius 3 is 2.86 bits per heavy atom. The molecule has 1 aromatic carbocycles. The Bertz CT molecular complexity index is 515. The molecule has 2 N–H and O–H groups in total. The van der Waals surface area contributed by atoms with Crippen molar-refractivity contribution < 1.29 is 5.11 Å². The molecule has 0 aliphatic heterocycles. The highest BCUT2D eigenvalue weighted by Gasteiger charge is 2.06. The lowest BCUT2D eigenvalue weighted by Crippen LogP contribution is -2.20. The molecule has 0 aliphatic rings. The van der Waals surface area contributed by atoms with Gasteiger partial charge in [0.05, 0.1) is 5.69 Å². The van der Waals surface area contributed by atoms with Gasteiger partial charge >= 0.3 is 0 Å². The summed E-state index contributed by atoms with van der Waals surface area (Å²) in [5, 5.41) is 23.5. The number of nitrogens with zero attached hydrogens (tertiary/aromatic N) is 4. The Morgan fingerprint density at radius 1 is 1.24 bits per heavy atom. The molecule has 21 heavy (non-hydrogen) atoms. The van der Waals surface area contributed by atoms with E-state index in [1.54, 1.807) is 11.0 Å². The molecule has 0 saturated carbocycles. The maximum absolute atomic E-state index is 8.73. The predicted octanol–water partition coefficient (Wildman–Crippen LogP) is 1.87. The Balaban J connectivity index is 1.82. The average molecular weight is 289 g/mol. The molecule has 1 aromatic heterocycles. The first-order valence-corrected chi connectivity index (χ1v) is 7.49. The molecule has 2 rings (SSSR count). The topological polar surface area (TPSA) is 75.9 Å². The summed E-state index contributed by atoms with van der Waals surface area (Å²) in [5.74, 6) is 0. The van der Waals surface area contributed by atoms with Crippen LogP contribution in [0.25, 0.3) is 5.69 Å². The zero-order valence-electron chi connectivity index (χ0n) is 12.4. The maximum atomic E-state index is 8.73. The van der Waals surface area contributed by atoms with Crippen LogP contribution in [0.2, 0.25) is 0 Å². The van der Waals surface area contributed by atoms with Gasteiger partial charge in [-0.3, -0.25) is 0 Å². The lowest BCUT2D eigenvalue weighted by atomic mass is 10.1. The first-order valence-electron chi connectivity index (χ1n) is 7.49. The van der Waals surface area contributed by atoms with Crippen LogP contribution >= 0.6 is 0 Å². The fourth-order valence-electron chi connectivity index (χ4n) is 2.24. The van der Waals surface area contributed by atoms with E-state index in [2.05, 4.69) is 39.9 Å². The highest BCUT2D eigenvalue weighted by molar-refractivity contribution is 5.35. The summed E-state index contributed by atoms with van der Waals surface area (Å²) < 4.78 is 1.66. The second-order valence-corrected chi connectivity index (χ2v) is 5.16. The third-order valence-electron chi connectivity index (χ3n) is 3.52. The predicted molar refractivity (Wildman–Crippen MR) is 81.1 cm³/mol. The van der Waals surface area contributed by atoms with Crippen molar-refractivity contribution in [2.24, 2.45) is 0 Å². The third kappa shape index (κ3) is 4.91. The molecule has 0 aliphatic carbocycles. The normalized spacial score (nSPS) is 12.5.